The van der Waals surface area contributed by atoms with Gasteiger partial charge in [0.1, 0.15) is 5.75 Å². The van der Waals surface area contributed by atoms with Gasteiger partial charge in [-0.2, -0.15) is 0 Å². The van der Waals surface area contributed by atoms with Crippen LogP contribution in [0.4, 0.5) is 0 Å². The number of carbonyl (C=O) groups excluding carboxylic acids is 2. The highest BCUT2D eigenvalue weighted by atomic mass is 35.5. The number of nitrogens with zero attached hydrogens (tertiary/aromatic N) is 3. The molecule has 0 unspecified atom stereocenters. The van der Waals surface area contributed by atoms with E-state index in [0.717, 1.165) is 30.1 Å². The summed E-state index contributed by atoms with van der Waals surface area (Å²) in [5.74, 6) is 0.717. The Morgan fingerprint density at radius 1 is 1.34 bits per heavy atom. The molecule has 0 atom stereocenters. The van der Waals surface area contributed by atoms with Crippen molar-refractivity contribution in [3.63, 3.8) is 0 Å². The first-order valence-corrected chi connectivity index (χ1v) is 11.0. The quantitative estimate of drug-likeness (QED) is 0.736. The summed E-state index contributed by atoms with van der Waals surface area (Å²) < 4.78 is 5.22. The van der Waals surface area contributed by atoms with Crippen molar-refractivity contribution in [2.45, 2.75) is 32.7 Å². The summed E-state index contributed by atoms with van der Waals surface area (Å²) in [5, 5.41) is 3.47. The molecule has 0 N–H and O–H groups in total. The van der Waals surface area contributed by atoms with Crippen LogP contribution in [0.15, 0.2) is 23.6 Å². The average Bonchev–Trinajstić information content (AvgIpc) is 3.25. The maximum atomic E-state index is 13.0. The van der Waals surface area contributed by atoms with Gasteiger partial charge in [-0.1, -0.05) is 11.6 Å². The van der Waals surface area contributed by atoms with Gasteiger partial charge in [-0.25, -0.2) is 4.98 Å². The first-order valence-electron chi connectivity index (χ1n) is 9.71. The van der Waals surface area contributed by atoms with Gasteiger partial charge in [0.2, 0.25) is 5.91 Å². The summed E-state index contributed by atoms with van der Waals surface area (Å²) in [6, 6.07) is 5.12. The minimum Gasteiger partial charge on any atom is -0.497 e. The number of aryl methyl sites for hydroxylation is 1. The Labute approximate surface area is 179 Å². The van der Waals surface area contributed by atoms with Crippen molar-refractivity contribution in [1.82, 2.24) is 14.8 Å². The Morgan fingerprint density at radius 2 is 2.10 bits per heavy atom. The monoisotopic (exact) mass is 433 g/mol. The highest BCUT2D eigenvalue weighted by Crippen LogP contribution is 2.42. The lowest BCUT2D eigenvalue weighted by atomic mass is 9.77. The first-order chi connectivity index (χ1) is 13.9. The molecule has 8 heteroatoms. The maximum Gasteiger partial charge on any atom is 0.255 e. The van der Waals surface area contributed by atoms with E-state index in [1.54, 1.807) is 36.6 Å². The van der Waals surface area contributed by atoms with E-state index in [1.807, 2.05) is 22.1 Å². The van der Waals surface area contributed by atoms with Crippen LogP contribution >= 0.6 is 22.9 Å². The average molecular weight is 434 g/mol. The highest BCUT2D eigenvalue weighted by molar-refractivity contribution is 7.09. The zero-order valence-corrected chi connectivity index (χ0v) is 18.2. The lowest BCUT2D eigenvalue weighted by molar-refractivity contribution is -0.128. The molecule has 29 heavy (non-hydrogen) atoms. The SMILES string of the molecule is COc1ccc(Cl)c(C(=O)N2CCC3(CC2)CC(=O)N(Cc2csc(C)n2)C3)c1. The van der Waals surface area contributed by atoms with Gasteiger partial charge >= 0.3 is 0 Å². The molecule has 2 saturated heterocycles. The largest absolute Gasteiger partial charge is 0.497 e. The molecule has 1 spiro atoms. The Balaban J connectivity index is 1.40. The molecule has 0 bridgehead atoms. The molecule has 1 aromatic heterocycles. The molecule has 2 amide bonds. The summed E-state index contributed by atoms with van der Waals surface area (Å²) in [6.07, 6.45) is 2.19. The smallest absolute Gasteiger partial charge is 0.255 e. The number of hydrogen-bond acceptors (Lipinski definition) is 5. The van der Waals surface area contributed by atoms with Crippen molar-refractivity contribution in [2.24, 2.45) is 5.41 Å². The normalized spacial score (nSPS) is 18.5. The molecule has 3 heterocycles. The van der Waals surface area contributed by atoms with E-state index < -0.39 is 0 Å². The van der Waals surface area contributed by atoms with Gasteiger partial charge in [0, 0.05) is 36.9 Å². The molecular weight excluding hydrogens is 410 g/mol. The predicted octanol–water partition coefficient (Wildman–Crippen LogP) is 3.77. The number of piperidine rings is 1. The topological polar surface area (TPSA) is 62.7 Å². The number of benzene rings is 1. The first kappa shape index (κ1) is 20.2. The Hall–Kier alpha value is -2.12. The minimum absolute atomic E-state index is 0.0445. The molecule has 0 saturated carbocycles. The minimum atomic E-state index is -0.0807. The van der Waals surface area contributed by atoms with Crippen LogP contribution in [0.1, 0.15) is 40.3 Å². The fourth-order valence-electron chi connectivity index (χ4n) is 4.29. The summed E-state index contributed by atoms with van der Waals surface area (Å²) in [4.78, 5) is 33.8. The summed E-state index contributed by atoms with van der Waals surface area (Å²) >= 11 is 7.85. The van der Waals surface area contributed by atoms with Crippen molar-refractivity contribution >= 4 is 34.8 Å². The van der Waals surface area contributed by atoms with Gasteiger partial charge in [-0.05, 0) is 38.0 Å². The molecule has 2 aliphatic heterocycles. The molecule has 2 fully saturated rings. The Kier molecular flexibility index (Phi) is 5.53. The lowest BCUT2D eigenvalue weighted by Crippen LogP contribution is -2.44. The van der Waals surface area contributed by atoms with Crippen LogP contribution in [0, 0.1) is 12.3 Å². The number of amides is 2. The van der Waals surface area contributed by atoms with Crippen molar-refractivity contribution in [3.05, 3.63) is 44.9 Å². The van der Waals surface area contributed by atoms with Crippen molar-refractivity contribution in [1.29, 1.82) is 0 Å². The molecule has 154 valence electrons. The molecule has 2 aliphatic rings. The van der Waals surface area contributed by atoms with E-state index >= 15 is 0 Å². The molecule has 6 nitrogen and oxygen atoms in total. The number of hydrogen-bond donors (Lipinski definition) is 0. The van der Waals surface area contributed by atoms with E-state index in [0.29, 0.717) is 42.4 Å². The fourth-order valence-corrected chi connectivity index (χ4v) is 5.09. The van der Waals surface area contributed by atoms with E-state index in [9.17, 15) is 9.59 Å². The van der Waals surface area contributed by atoms with Gasteiger partial charge in [-0.3, -0.25) is 9.59 Å². The fraction of sp³-hybridized carbons (Fsp3) is 0.476. The second-order valence-electron chi connectivity index (χ2n) is 7.92. The van der Waals surface area contributed by atoms with E-state index in [-0.39, 0.29) is 17.2 Å². The van der Waals surface area contributed by atoms with Crippen LogP contribution in [-0.4, -0.2) is 53.3 Å². The third-order valence-electron chi connectivity index (χ3n) is 5.94. The van der Waals surface area contributed by atoms with Crippen molar-refractivity contribution < 1.29 is 14.3 Å². The number of halogens is 1. The number of likely N-dealkylation sites (tertiary alicyclic amines) is 2. The molecule has 0 aliphatic carbocycles. The number of thiazole rings is 1. The third kappa shape index (κ3) is 4.12. The summed E-state index contributed by atoms with van der Waals surface area (Å²) in [5.41, 5.74) is 1.38. The van der Waals surface area contributed by atoms with E-state index in [1.165, 1.54) is 0 Å². The third-order valence-corrected chi connectivity index (χ3v) is 7.09. The Morgan fingerprint density at radius 3 is 2.76 bits per heavy atom. The van der Waals surface area contributed by atoms with Crippen LogP contribution in [0.25, 0.3) is 0 Å². The van der Waals surface area contributed by atoms with E-state index in [2.05, 4.69) is 4.98 Å². The van der Waals surface area contributed by atoms with Gasteiger partial charge in [0.15, 0.2) is 0 Å². The lowest BCUT2D eigenvalue weighted by Gasteiger charge is -2.39. The molecule has 1 aromatic carbocycles. The second-order valence-corrected chi connectivity index (χ2v) is 9.39. The number of carbonyl (C=O) groups is 2. The standard InChI is InChI=1S/C21H24ClN3O3S/c1-14-23-15(12-29-14)11-25-13-21(10-19(25)26)5-7-24(8-6-21)20(27)17-9-16(28-2)3-4-18(17)22/h3-4,9,12H,5-8,10-11,13H2,1-2H3. The number of aromatic nitrogens is 1. The van der Waals surface area contributed by atoms with E-state index in [4.69, 9.17) is 16.3 Å². The van der Waals surface area contributed by atoms with Gasteiger partial charge in [0.25, 0.3) is 5.91 Å². The highest BCUT2D eigenvalue weighted by Gasteiger charge is 2.45. The summed E-state index contributed by atoms with van der Waals surface area (Å²) in [7, 11) is 1.57. The Bertz CT molecular complexity index is 937. The number of rotatable bonds is 4. The molecular formula is C21H24ClN3O3S. The molecule has 4 rings (SSSR count). The van der Waals surface area contributed by atoms with Gasteiger partial charge in [0.05, 0.1) is 34.9 Å². The summed E-state index contributed by atoms with van der Waals surface area (Å²) in [6.45, 7) is 4.55. The van der Waals surface area contributed by atoms with Crippen LogP contribution in [0.2, 0.25) is 5.02 Å². The number of ether oxygens (including phenoxy) is 1. The molecule has 2 aromatic rings. The zero-order valence-electron chi connectivity index (χ0n) is 16.6. The van der Waals surface area contributed by atoms with Gasteiger partial charge < -0.3 is 14.5 Å². The van der Waals surface area contributed by atoms with Crippen LogP contribution < -0.4 is 4.74 Å². The molecule has 0 radical (unpaired) electrons. The van der Waals surface area contributed by atoms with Crippen LogP contribution in [0.3, 0.4) is 0 Å². The van der Waals surface area contributed by atoms with Crippen LogP contribution in [-0.2, 0) is 11.3 Å². The predicted molar refractivity (Wildman–Crippen MR) is 112 cm³/mol. The zero-order chi connectivity index (χ0) is 20.6. The van der Waals surface area contributed by atoms with Crippen molar-refractivity contribution in [3.8, 4) is 5.75 Å². The number of methoxy groups -OCH3 is 1. The van der Waals surface area contributed by atoms with Crippen molar-refractivity contribution in [2.75, 3.05) is 26.7 Å². The second kappa shape index (κ2) is 7.95. The van der Waals surface area contributed by atoms with Crippen LogP contribution in [0.5, 0.6) is 5.75 Å². The maximum absolute atomic E-state index is 13.0. The van der Waals surface area contributed by atoms with Gasteiger partial charge in [-0.15, -0.1) is 11.3 Å².